The first kappa shape index (κ1) is 17.7. The Hall–Kier alpha value is -3.41. The summed E-state index contributed by atoms with van der Waals surface area (Å²) in [7, 11) is 3.25. The predicted molar refractivity (Wildman–Crippen MR) is 107 cm³/mol. The van der Waals surface area contributed by atoms with Gasteiger partial charge in [0.1, 0.15) is 0 Å². The normalized spacial score (nSPS) is 23.2. The first-order valence-electron chi connectivity index (χ1n) is 9.62. The van der Waals surface area contributed by atoms with Crippen LogP contribution in [0.3, 0.4) is 0 Å². The molecule has 0 bridgehead atoms. The van der Waals surface area contributed by atoms with Crippen LogP contribution in [0.25, 0.3) is 10.9 Å². The van der Waals surface area contributed by atoms with Gasteiger partial charge in [-0.25, -0.2) is 4.90 Å². The van der Waals surface area contributed by atoms with E-state index in [0.717, 1.165) is 22.2 Å². The van der Waals surface area contributed by atoms with Crippen molar-refractivity contribution in [3.05, 3.63) is 65.9 Å². The molecule has 29 heavy (non-hydrogen) atoms. The summed E-state index contributed by atoms with van der Waals surface area (Å²) in [5.74, 6) is -2.62. The van der Waals surface area contributed by atoms with Gasteiger partial charge in [-0.1, -0.05) is 36.4 Å². The molecule has 146 valence electrons. The van der Waals surface area contributed by atoms with E-state index in [-0.39, 0.29) is 24.2 Å². The lowest BCUT2D eigenvalue weighted by Crippen LogP contribution is -2.31. The maximum Gasteiger partial charge on any atom is 0.314 e. The van der Waals surface area contributed by atoms with E-state index in [1.54, 1.807) is 24.3 Å². The van der Waals surface area contributed by atoms with Gasteiger partial charge in [-0.2, -0.15) is 0 Å². The first-order chi connectivity index (χ1) is 14.0. The highest BCUT2D eigenvalue weighted by Crippen LogP contribution is 2.52. The fourth-order valence-corrected chi connectivity index (χ4v) is 5.03. The third-order valence-corrected chi connectivity index (χ3v) is 6.25. The number of carbonyl (C=O) groups excluding carboxylic acids is 3. The van der Waals surface area contributed by atoms with E-state index in [0.29, 0.717) is 5.69 Å². The SMILES string of the molecule is COC(=O)C1CC2C(=O)N(c3ccccc3)C(=O)C2c2c1n(C)c1ccccc21. The second-order valence-corrected chi connectivity index (χ2v) is 7.62. The zero-order chi connectivity index (χ0) is 20.3. The van der Waals surface area contributed by atoms with Crippen molar-refractivity contribution < 1.29 is 19.1 Å². The molecule has 0 N–H and O–H groups in total. The van der Waals surface area contributed by atoms with Crippen molar-refractivity contribution in [2.75, 3.05) is 12.0 Å². The fourth-order valence-electron chi connectivity index (χ4n) is 5.03. The third-order valence-electron chi connectivity index (χ3n) is 6.25. The minimum absolute atomic E-state index is 0.230. The zero-order valence-corrected chi connectivity index (χ0v) is 16.2. The van der Waals surface area contributed by atoms with Crippen LogP contribution >= 0.6 is 0 Å². The molecule has 0 spiro atoms. The average molecular weight is 388 g/mol. The molecule has 2 aliphatic rings. The predicted octanol–water partition coefficient (Wildman–Crippen LogP) is 3.11. The number of esters is 1. The van der Waals surface area contributed by atoms with E-state index in [1.807, 2.05) is 41.9 Å². The van der Waals surface area contributed by atoms with Crippen molar-refractivity contribution in [1.29, 1.82) is 0 Å². The van der Waals surface area contributed by atoms with Crippen molar-refractivity contribution in [3.8, 4) is 0 Å². The topological polar surface area (TPSA) is 68.6 Å². The van der Waals surface area contributed by atoms with E-state index in [4.69, 9.17) is 4.74 Å². The maximum atomic E-state index is 13.5. The number of para-hydroxylation sites is 2. The number of hydrogen-bond donors (Lipinski definition) is 0. The molecule has 1 aromatic heterocycles. The lowest BCUT2D eigenvalue weighted by atomic mass is 9.73. The Morgan fingerprint density at radius 3 is 2.41 bits per heavy atom. The van der Waals surface area contributed by atoms with Crippen molar-refractivity contribution in [2.24, 2.45) is 13.0 Å². The molecular formula is C23H20N2O4. The molecule has 1 fully saturated rings. The summed E-state index contributed by atoms with van der Waals surface area (Å²) in [5.41, 5.74) is 3.06. The number of aryl methyl sites for hydroxylation is 1. The molecule has 6 nitrogen and oxygen atoms in total. The summed E-state index contributed by atoms with van der Waals surface area (Å²) in [4.78, 5) is 40.7. The zero-order valence-electron chi connectivity index (χ0n) is 16.2. The Bertz CT molecular complexity index is 1160. The number of hydrogen-bond acceptors (Lipinski definition) is 4. The Labute approximate surface area is 167 Å². The second-order valence-electron chi connectivity index (χ2n) is 7.62. The van der Waals surface area contributed by atoms with Gasteiger partial charge in [0.2, 0.25) is 11.8 Å². The molecule has 1 saturated heterocycles. The van der Waals surface area contributed by atoms with Crippen molar-refractivity contribution >= 4 is 34.4 Å². The van der Waals surface area contributed by atoms with E-state index < -0.39 is 17.8 Å². The summed E-state index contributed by atoms with van der Waals surface area (Å²) < 4.78 is 7.02. The second kappa shape index (κ2) is 6.30. The molecule has 5 rings (SSSR count). The summed E-state index contributed by atoms with van der Waals surface area (Å²) in [6.07, 6.45) is 0.266. The third kappa shape index (κ3) is 2.32. The highest BCUT2D eigenvalue weighted by Gasteiger charge is 2.55. The highest BCUT2D eigenvalue weighted by molar-refractivity contribution is 6.25. The Morgan fingerprint density at radius 2 is 1.69 bits per heavy atom. The first-order valence-corrected chi connectivity index (χ1v) is 9.62. The minimum Gasteiger partial charge on any atom is -0.469 e. The number of aromatic nitrogens is 1. The van der Waals surface area contributed by atoms with Gasteiger partial charge in [0.15, 0.2) is 0 Å². The summed E-state index contributed by atoms with van der Waals surface area (Å²) in [6, 6.07) is 16.7. The van der Waals surface area contributed by atoms with Crippen LogP contribution in [0.4, 0.5) is 5.69 Å². The van der Waals surface area contributed by atoms with Crippen LogP contribution in [0, 0.1) is 5.92 Å². The Morgan fingerprint density at radius 1 is 1.00 bits per heavy atom. The van der Waals surface area contributed by atoms with Gasteiger partial charge in [0.05, 0.1) is 30.6 Å². The van der Waals surface area contributed by atoms with Crippen LogP contribution in [0.1, 0.15) is 29.5 Å². The number of nitrogens with zero attached hydrogens (tertiary/aromatic N) is 2. The van der Waals surface area contributed by atoms with Gasteiger partial charge in [0.25, 0.3) is 0 Å². The smallest absolute Gasteiger partial charge is 0.314 e. The standard InChI is InChI=1S/C23H20N2O4/c1-24-17-11-7-6-10-14(17)18-19-15(12-16(20(18)24)23(28)29-2)21(26)25(22(19)27)13-8-4-3-5-9-13/h3-11,15-16,19H,12H2,1-2H3. The number of ether oxygens (including phenoxy) is 1. The van der Waals surface area contributed by atoms with Crippen LogP contribution in [-0.4, -0.2) is 29.5 Å². The number of carbonyl (C=O) groups is 3. The number of fused-ring (bicyclic) bond motifs is 5. The number of imide groups is 1. The molecule has 1 aliphatic carbocycles. The maximum absolute atomic E-state index is 13.5. The summed E-state index contributed by atoms with van der Waals surface area (Å²) >= 11 is 0. The van der Waals surface area contributed by atoms with Crippen molar-refractivity contribution in [1.82, 2.24) is 4.57 Å². The Kier molecular flexibility index (Phi) is 3.84. The molecule has 0 radical (unpaired) electrons. The van der Waals surface area contributed by atoms with E-state index >= 15 is 0 Å². The molecule has 2 aromatic carbocycles. The lowest BCUT2D eigenvalue weighted by Gasteiger charge is -2.29. The van der Waals surface area contributed by atoms with Gasteiger partial charge in [-0.15, -0.1) is 0 Å². The minimum atomic E-state index is -0.593. The van der Waals surface area contributed by atoms with Crippen LogP contribution in [0.2, 0.25) is 0 Å². The molecule has 3 unspecified atom stereocenters. The molecular weight excluding hydrogens is 368 g/mol. The number of benzene rings is 2. The molecule has 1 aliphatic heterocycles. The van der Waals surface area contributed by atoms with Crippen LogP contribution in [0.15, 0.2) is 54.6 Å². The Balaban J connectivity index is 1.75. The van der Waals surface area contributed by atoms with Crippen LogP contribution in [-0.2, 0) is 26.2 Å². The average Bonchev–Trinajstić information content (AvgIpc) is 3.19. The van der Waals surface area contributed by atoms with Gasteiger partial charge >= 0.3 is 5.97 Å². The van der Waals surface area contributed by atoms with Crippen molar-refractivity contribution in [2.45, 2.75) is 18.3 Å². The molecule has 0 saturated carbocycles. The van der Waals surface area contributed by atoms with Gasteiger partial charge < -0.3 is 9.30 Å². The van der Waals surface area contributed by atoms with Gasteiger partial charge in [-0.05, 0) is 30.2 Å². The summed E-state index contributed by atoms with van der Waals surface area (Å²) in [6.45, 7) is 0. The van der Waals surface area contributed by atoms with E-state index in [1.165, 1.54) is 12.0 Å². The van der Waals surface area contributed by atoms with E-state index in [9.17, 15) is 14.4 Å². The van der Waals surface area contributed by atoms with Crippen molar-refractivity contribution in [3.63, 3.8) is 0 Å². The van der Waals surface area contributed by atoms with Gasteiger partial charge in [-0.3, -0.25) is 14.4 Å². The molecule has 6 heteroatoms. The monoisotopic (exact) mass is 388 g/mol. The van der Waals surface area contributed by atoms with E-state index in [2.05, 4.69) is 0 Å². The van der Waals surface area contributed by atoms with Crippen LogP contribution < -0.4 is 4.90 Å². The quantitative estimate of drug-likeness (QED) is 0.500. The number of amides is 2. The fraction of sp³-hybridized carbons (Fsp3) is 0.261. The molecule has 2 heterocycles. The number of rotatable bonds is 2. The van der Waals surface area contributed by atoms with Crippen LogP contribution in [0.5, 0.6) is 0 Å². The molecule has 2 amide bonds. The molecule has 3 aromatic rings. The highest BCUT2D eigenvalue weighted by atomic mass is 16.5. The lowest BCUT2D eigenvalue weighted by molar-refractivity contribution is -0.143. The van der Waals surface area contributed by atoms with Gasteiger partial charge in [0, 0.05) is 23.6 Å². The number of anilines is 1. The summed E-state index contributed by atoms with van der Waals surface area (Å²) in [5, 5.41) is 0.907. The number of methoxy groups -OCH3 is 1. The largest absolute Gasteiger partial charge is 0.469 e. The molecule has 3 atom stereocenters.